The van der Waals surface area contributed by atoms with Crippen molar-refractivity contribution < 1.29 is 23.1 Å². The molecule has 26 heavy (non-hydrogen) atoms. The molecule has 0 aromatic heterocycles. The Morgan fingerprint density at radius 1 is 1.23 bits per heavy atom. The van der Waals surface area contributed by atoms with Gasteiger partial charge in [0, 0.05) is 17.1 Å². The number of amides is 1. The second-order valence-corrected chi connectivity index (χ2v) is 5.61. The van der Waals surface area contributed by atoms with E-state index in [1.807, 2.05) is 6.07 Å². The van der Waals surface area contributed by atoms with E-state index in [0.717, 1.165) is 5.56 Å². The molecule has 0 saturated carbocycles. The molecule has 0 radical (unpaired) electrons. The van der Waals surface area contributed by atoms with Crippen LogP contribution in [0.1, 0.15) is 18.1 Å². The Bertz CT molecular complexity index is 772. The third-order valence-corrected chi connectivity index (χ3v) is 3.69. The summed E-state index contributed by atoms with van der Waals surface area (Å²) in [6, 6.07) is 13.2. The van der Waals surface area contributed by atoms with E-state index in [-0.39, 0.29) is 18.2 Å². The summed E-state index contributed by atoms with van der Waals surface area (Å²) in [7, 11) is 0. The molecule has 0 heterocycles. The highest BCUT2D eigenvalue weighted by atomic mass is 35.5. The summed E-state index contributed by atoms with van der Waals surface area (Å²) in [5.41, 5.74) is 1.08. The number of oxime groups is 1. The Labute approximate surface area is 154 Å². The van der Waals surface area contributed by atoms with E-state index in [0.29, 0.717) is 10.6 Å². The van der Waals surface area contributed by atoms with Crippen LogP contribution in [-0.4, -0.2) is 24.8 Å². The molecule has 0 bridgehead atoms. The van der Waals surface area contributed by atoms with Gasteiger partial charge < -0.3 is 14.9 Å². The van der Waals surface area contributed by atoms with E-state index < -0.39 is 12.7 Å². The number of hydrogen-bond donors (Lipinski definition) is 1. The van der Waals surface area contributed by atoms with Crippen molar-refractivity contribution in [2.75, 3.05) is 0 Å². The standard InChI is InChI=1S/C18H17ClF2N2O3/c1-12(17(24)22-10-13-6-2-4-8-15(13)19)26-23-11-14-7-3-5-9-16(14)25-18(20)21/h2-9,11-12,18H,10H2,1H3,(H,22,24)/b23-11+. The predicted molar refractivity (Wildman–Crippen MR) is 94.5 cm³/mol. The molecule has 2 rings (SSSR count). The summed E-state index contributed by atoms with van der Waals surface area (Å²) in [6.07, 6.45) is 0.326. The SMILES string of the molecule is CC(O/N=C/c1ccccc1OC(F)F)C(=O)NCc1ccccc1Cl. The van der Waals surface area contributed by atoms with Gasteiger partial charge >= 0.3 is 6.61 Å². The molecule has 0 spiro atoms. The predicted octanol–water partition coefficient (Wildman–Crippen LogP) is 4.00. The van der Waals surface area contributed by atoms with Gasteiger partial charge in [-0.1, -0.05) is 47.1 Å². The summed E-state index contributed by atoms with van der Waals surface area (Å²) in [5.74, 6) is -0.426. The maximum atomic E-state index is 12.3. The zero-order chi connectivity index (χ0) is 18.9. The van der Waals surface area contributed by atoms with Gasteiger partial charge in [-0.15, -0.1) is 0 Å². The Hall–Kier alpha value is -2.67. The summed E-state index contributed by atoms with van der Waals surface area (Å²) in [4.78, 5) is 17.1. The highest BCUT2D eigenvalue weighted by Gasteiger charge is 2.14. The first-order valence-electron chi connectivity index (χ1n) is 7.71. The zero-order valence-corrected chi connectivity index (χ0v) is 14.6. The van der Waals surface area contributed by atoms with Crippen LogP contribution in [0.25, 0.3) is 0 Å². The molecule has 1 amide bonds. The summed E-state index contributed by atoms with van der Waals surface area (Å²) in [5, 5.41) is 6.90. The van der Waals surface area contributed by atoms with E-state index in [9.17, 15) is 13.6 Å². The number of nitrogens with zero attached hydrogens (tertiary/aromatic N) is 1. The highest BCUT2D eigenvalue weighted by Crippen LogP contribution is 2.18. The lowest BCUT2D eigenvalue weighted by atomic mass is 10.2. The maximum absolute atomic E-state index is 12.3. The van der Waals surface area contributed by atoms with Crippen LogP contribution in [0.3, 0.4) is 0 Å². The topological polar surface area (TPSA) is 59.9 Å². The lowest BCUT2D eigenvalue weighted by Gasteiger charge is -2.11. The van der Waals surface area contributed by atoms with Gasteiger partial charge in [-0.2, -0.15) is 8.78 Å². The average molecular weight is 383 g/mol. The van der Waals surface area contributed by atoms with Crippen molar-refractivity contribution in [1.29, 1.82) is 0 Å². The van der Waals surface area contributed by atoms with Gasteiger partial charge in [0.15, 0.2) is 0 Å². The number of benzene rings is 2. The van der Waals surface area contributed by atoms with Gasteiger partial charge in [0.2, 0.25) is 6.10 Å². The van der Waals surface area contributed by atoms with Gasteiger partial charge in [0.1, 0.15) is 5.75 Å². The van der Waals surface area contributed by atoms with Crippen LogP contribution >= 0.6 is 11.6 Å². The van der Waals surface area contributed by atoms with Gasteiger partial charge in [-0.05, 0) is 30.7 Å². The number of nitrogens with one attached hydrogen (secondary N) is 1. The Balaban J connectivity index is 1.88. The van der Waals surface area contributed by atoms with Crippen molar-refractivity contribution >= 4 is 23.7 Å². The van der Waals surface area contributed by atoms with Gasteiger partial charge in [-0.3, -0.25) is 4.79 Å². The van der Waals surface area contributed by atoms with Crippen molar-refractivity contribution in [1.82, 2.24) is 5.32 Å². The summed E-state index contributed by atoms with van der Waals surface area (Å²) >= 11 is 6.02. The molecular weight excluding hydrogens is 366 g/mol. The largest absolute Gasteiger partial charge is 0.434 e. The van der Waals surface area contributed by atoms with Crippen molar-refractivity contribution in [2.45, 2.75) is 26.2 Å². The normalized spacial score (nSPS) is 12.2. The first-order chi connectivity index (χ1) is 12.5. The maximum Gasteiger partial charge on any atom is 0.387 e. The minimum absolute atomic E-state index is 0.0364. The molecule has 2 aromatic rings. The van der Waals surface area contributed by atoms with Crippen molar-refractivity contribution in [2.24, 2.45) is 5.16 Å². The lowest BCUT2D eigenvalue weighted by molar-refractivity contribution is -0.131. The number of hydrogen-bond acceptors (Lipinski definition) is 4. The zero-order valence-electron chi connectivity index (χ0n) is 13.9. The molecular formula is C18H17ClF2N2O3. The Morgan fingerprint density at radius 3 is 2.65 bits per heavy atom. The number of carbonyl (C=O) groups is 1. The molecule has 138 valence electrons. The number of para-hydroxylation sites is 1. The fourth-order valence-corrected chi connectivity index (χ4v) is 2.19. The smallest absolute Gasteiger partial charge is 0.387 e. The summed E-state index contributed by atoms with van der Waals surface area (Å²) in [6.45, 7) is -1.18. The molecule has 1 unspecified atom stereocenters. The van der Waals surface area contributed by atoms with Gasteiger partial charge in [-0.25, -0.2) is 0 Å². The lowest BCUT2D eigenvalue weighted by Crippen LogP contribution is -2.33. The second-order valence-electron chi connectivity index (χ2n) is 5.21. The third-order valence-electron chi connectivity index (χ3n) is 3.33. The molecule has 0 aliphatic carbocycles. The number of alkyl halides is 2. The van der Waals surface area contributed by atoms with Crippen LogP contribution in [0.4, 0.5) is 8.78 Å². The fourth-order valence-electron chi connectivity index (χ4n) is 1.98. The van der Waals surface area contributed by atoms with Crippen LogP contribution < -0.4 is 10.1 Å². The molecule has 2 aromatic carbocycles. The highest BCUT2D eigenvalue weighted by molar-refractivity contribution is 6.31. The van der Waals surface area contributed by atoms with E-state index in [2.05, 4.69) is 15.2 Å². The van der Waals surface area contributed by atoms with Crippen LogP contribution in [0, 0.1) is 0 Å². The molecule has 0 saturated heterocycles. The van der Waals surface area contributed by atoms with E-state index in [1.54, 1.807) is 30.3 Å². The molecule has 0 aliphatic rings. The van der Waals surface area contributed by atoms with E-state index in [1.165, 1.54) is 25.3 Å². The monoisotopic (exact) mass is 382 g/mol. The number of ether oxygens (including phenoxy) is 1. The van der Waals surface area contributed by atoms with Gasteiger partial charge in [0.25, 0.3) is 5.91 Å². The van der Waals surface area contributed by atoms with Crippen LogP contribution in [-0.2, 0) is 16.2 Å². The third kappa shape index (κ3) is 6.00. The van der Waals surface area contributed by atoms with Crippen molar-refractivity contribution in [3.8, 4) is 5.75 Å². The molecule has 1 N–H and O–H groups in total. The molecule has 0 aliphatic heterocycles. The first-order valence-corrected chi connectivity index (χ1v) is 8.09. The van der Waals surface area contributed by atoms with Crippen LogP contribution in [0.2, 0.25) is 5.02 Å². The fraction of sp³-hybridized carbons (Fsp3) is 0.222. The van der Waals surface area contributed by atoms with Gasteiger partial charge in [0.05, 0.1) is 6.21 Å². The minimum atomic E-state index is -2.94. The van der Waals surface area contributed by atoms with Crippen molar-refractivity contribution in [3.63, 3.8) is 0 Å². The number of carbonyl (C=O) groups excluding carboxylic acids is 1. The number of halogens is 3. The van der Waals surface area contributed by atoms with Crippen molar-refractivity contribution in [3.05, 3.63) is 64.7 Å². The minimum Gasteiger partial charge on any atom is -0.434 e. The quantitative estimate of drug-likeness (QED) is 0.554. The second kappa shape index (κ2) is 9.72. The molecule has 5 nitrogen and oxygen atoms in total. The van der Waals surface area contributed by atoms with Crippen LogP contribution in [0.15, 0.2) is 53.7 Å². The molecule has 8 heteroatoms. The molecule has 1 atom stereocenters. The average Bonchev–Trinajstić information content (AvgIpc) is 2.61. The summed E-state index contributed by atoms with van der Waals surface area (Å²) < 4.78 is 29.1. The van der Waals surface area contributed by atoms with E-state index >= 15 is 0 Å². The van der Waals surface area contributed by atoms with Crippen LogP contribution in [0.5, 0.6) is 5.75 Å². The Morgan fingerprint density at radius 2 is 1.92 bits per heavy atom. The molecule has 0 fully saturated rings. The van der Waals surface area contributed by atoms with E-state index in [4.69, 9.17) is 16.4 Å². The first kappa shape index (κ1) is 19.7. The Kier molecular flexibility index (Phi) is 7.35. The number of rotatable bonds is 8.